The molecule has 0 aliphatic heterocycles. The van der Waals surface area contributed by atoms with Gasteiger partial charge in [0.1, 0.15) is 0 Å². The summed E-state index contributed by atoms with van der Waals surface area (Å²) in [6.45, 7) is 5.20. The Bertz CT molecular complexity index is 149. The quantitative estimate of drug-likeness (QED) is 0.582. The van der Waals surface area contributed by atoms with E-state index >= 15 is 0 Å². The maximum atomic E-state index is 10.6. The predicted molar refractivity (Wildman–Crippen MR) is 40.5 cm³/mol. The molecular weight excluding hydrogens is 126 g/mol. The van der Waals surface area contributed by atoms with Gasteiger partial charge in [0.05, 0.1) is 0 Å². The van der Waals surface area contributed by atoms with Gasteiger partial charge in [0.25, 0.3) is 0 Å². The first-order valence-corrected chi connectivity index (χ1v) is 3.63. The van der Waals surface area contributed by atoms with Crippen molar-refractivity contribution >= 4 is 5.91 Å². The van der Waals surface area contributed by atoms with Crippen LogP contribution in [0.1, 0.15) is 19.8 Å². The molecule has 0 radical (unpaired) electrons. The van der Waals surface area contributed by atoms with E-state index in [9.17, 15) is 4.79 Å². The summed E-state index contributed by atoms with van der Waals surface area (Å²) in [4.78, 5) is 10.6. The Balaban J connectivity index is 2.32. The molecular formula is C8H13NO. The average Bonchev–Trinajstić information content (AvgIpc) is 2.63. The van der Waals surface area contributed by atoms with Gasteiger partial charge in [-0.3, -0.25) is 4.79 Å². The monoisotopic (exact) mass is 139 g/mol. The van der Waals surface area contributed by atoms with Gasteiger partial charge in [-0.2, -0.15) is 0 Å². The van der Waals surface area contributed by atoms with Gasteiger partial charge in [-0.1, -0.05) is 6.08 Å². The minimum absolute atomic E-state index is 0.0387. The number of hydrogen-bond donors (Lipinski definition) is 1. The molecule has 0 aromatic rings. The molecule has 2 nitrogen and oxygen atoms in total. The highest BCUT2D eigenvalue weighted by Crippen LogP contribution is 2.32. The van der Waals surface area contributed by atoms with Crippen molar-refractivity contribution in [1.82, 2.24) is 5.32 Å². The van der Waals surface area contributed by atoms with Crippen LogP contribution in [0.5, 0.6) is 0 Å². The maximum Gasteiger partial charge on any atom is 0.217 e. The Morgan fingerprint density at radius 1 is 1.80 bits per heavy atom. The lowest BCUT2D eigenvalue weighted by Gasteiger charge is -2.10. The van der Waals surface area contributed by atoms with Gasteiger partial charge in [0.2, 0.25) is 5.91 Å². The van der Waals surface area contributed by atoms with Crippen molar-refractivity contribution in [3.05, 3.63) is 12.7 Å². The van der Waals surface area contributed by atoms with Crippen LogP contribution in [0.3, 0.4) is 0 Å². The minimum Gasteiger partial charge on any atom is -0.350 e. The topological polar surface area (TPSA) is 29.1 Å². The normalized spacial score (nSPS) is 19.7. The summed E-state index contributed by atoms with van der Waals surface area (Å²) in [6.07, 6.45) is 4.28. The van der Waals surface area contributed by atoms with Crippen LogP contribution in [-0.2, 0) is 4.79 Å². The van der Waals surface area contributed by atoms with Gasteiger partial charge in [0.15, 0.2) is 0 Å². The molecule has 56 valence electrons. The molecule has 1 atom stereocenters. The molecule has 0 spiro atoms. The van der Waals surface area contributed by atoms with E-state index in [1.807, 2.05) is 6.08 Å². The second-order valence-electron chi connectivity index (χ2n) is 2.80. The molecule has 1 aliphatic carbocycles. The van der Waals surface area contributed by atoms with Crippen LogP contribution in [0.15, 0.2) is 12.7 Å². The number of amides is 1. The molecule has 0 unspecified atom stereocenters. The third-order valence-electron chi connectivity index (χ3n) is 1.75. The third kappa shape index (κ3) is 1.87. The van der Waals surface area contributed by atoms with E-state index in [1.165, 1.54) is 12.8 Å². The maximum absolute atomic E-state index is 10.6. The van der Waals surface area contributed by atoms with Crippen LogP contribution in [-0.4, -0.2) is 11.9 Å². The summed E-state index contributed by atoms with van der Waals surface area (Å²) in [5.74, 6) is 0.707. The van der Waals surface area contributed by atoms with Crippen molar-refractivity contribution < 1.29 is 4.79 Å². The van der Waals surface area contributed by atoms with Gasteiger partial charge >= 0.3 is 0 Å². The summed E-state index contributed by atoms with van der Waals surface area (Å²) < 4.78 is 0. The van der Waals surface area contributed by atoms with Gasteiger partial charge in [-0.05, 0) is 18.8 Å². The summed E-state index contributed by atoms with van der Waals surface area (Å²) in [5, 5.41) is 2.83. The number of carbonyl (C=O) groups is 1. The highest BCUT2D eigenvalue weighted by atomic mass is 16.1. The molecule has 1 aliphatic rings. The first-order chi connectivity index (χ1) is 4.74. The molecule has 1 rings (SSSR count). The first-order valence-electron chi connectivity index (χ1n) is 3.63. The summed E-state index contributed by atoms with van der Waals surface area (Å²) in [5.41, 5.74) is 0. The van der Waals surface area contributed by atoms with Crippen molar-refractivity contribution in [2.24, 2.45) is 5.92 Å². The number of nitrogens with one attached hydrogen (secondary N) is 1. The van der Waals surface area contributed by atoms with Crippen LogP contribution in [0.4, 0.5) is 0 Å². The Kier molecular flexibility index (Phi) is 2.10. The highest BCUT2D eigenvalue weighted by molar-refractivity contribution is 5.73. The van der Waals surface area contributed by atoms with Gasteiger partial charge in [-0.25, -0.2) is 0 Å². The Labute approximate surface area is 61.3 Å². The fraction of sp³-hybridized carbons (Fsp3) is 0.625. The molecule has 0 heterocycles. The van der Waals surface area contributed by atoms with Crippen molar-refractivity contribution in [3.8, 4) is 0 Å². The zero-order chi connectivity index (χ0) is 7.56. The molecule has 1 N–H and O–H groups in total. The molecule has 2 heteroatoms. The lowest BCUT2D eigenvalue weighted by atomic mass is 10.2. The minimum atomic E-state index is 0.0387. The molecule has 1 fully saturated rings. The predicted octanol–water partition coefficient (Wildman–Crippen LogP) is 1.09. The van der Waals surface area contributed by atoms with E-state index in [2.05, 4.69) is 11.9 Å². The van der Waals surface area contributed by atoms with E-state index in [0.29, 0.717) is 5.92 Å². The number of carbonyl (C=O) groups excluding carboxylic acids is 1. The van der Waals surface area contributed by atoms with Crippen LogP contribution in [0, 0.1) is 5.92 Å². The molecule has 1 amide bonds. The molecule has 0 saturated heterocycles. The molecule has 10 heavy (non-hydrogen) atoms. The van der Waals surface area contributed by atoms with Crippen LogP contribution in [0.2, 0.25) is 0 Å². The van der Waals surface area contributed by atoms with Crippen molar-refractivity contribution in [3.63, 3.8) is 0 Å². The zero-order valence-corrected chi connectivity index (χ0v) is 6.26. The molecule has 0 aromatic heterocycles. The molecule has 0 bridgehead atoms. The lowest BCUT2D eigenvalue weighted by Crippen LogP contribution is -2.32. The zero-order valence-electron chi connectivity index (χ0n) is 6.26. The average molecular weight is 139 g/mol. The van der Waals surface area contributed by atoms with Crippen molar-refractivity contribution in [2.75, 3.05) is 0 Å². The Morgan fingerprint density at radius 2 is 2.40 bits per heavy atom. The summed E-state index contributed by atoms with van der Waals surface area (Å²) in [7, 11) is 0. The van der Waals surface area contributed by atoms with Gasteiger partial charge in [-0.15, -0.1) is 6.58 Å². The third-order valence-corrected chi connectivity index (χ3v) is 1.75. The van der Waals surface area contributed by atoms with Crippen LogP contribution < -0.4 is 5.32 Å². The number of rotatable bonds is 3. The SMILES string of the molecule is C=C[C@@H](NC(C)=O)C1CC1. The van der Waals surface area contributed by atoms with Crippen LogP contribution in [0.25, 0.3) is 0 Å². The van der Waals surface area contributed by atoms with E-state index in [0.717, 1.165) is 0 Å². The fourth-order valence-electron chi connectivity index (χ4n) is 1.06. The van der Waals surface area contributed by atoms with Gasteiger partial charge < -0.3 is 5.32 Å². The Hall–Kier alpha value is -0.790. The molecule has 1 saturated carbocycles. The summed E-state index contributed by atoms with van der Waals surface area (Å²) >= 11 is 0. The van der Waals surface area contributed by atoms with E-state index in [1.54, 1.807) is 6.92 Å². The fourth-order valence-corrected chi connectivity index (χ4v) is 1.06. The first kappa shape index (κ1) is 7.32. The highest BCUT2D eigenvalue weighted by Gasteiger charge is 2.29. The molecule has 0 aromatic carbocycles. The second kappa shape index (κ2) is 2.86. The van der Waals surface area contributed by atoms with Crippen LogP contribution >= 0.6 is 0 Å². The Morgan fingerprint density at radius 3 is 2.70 bits per heavy atom. The summed E-state index contributed by atoms with van der Waals surface area (Å²) in [6, 6.07) is 0.220. The van der Waals surface area contributed by atoms with E-state index < -0.39 is 0 Å². The van der Waals surface area contributed by atoms with E-state index in [-0.39, 0.29) is 11.9 Å². The number of hydrogen-bond acceptors (Lipinski definition) is 1. The van der Waals surface area contributed by atoms with Crippen molar-refractivity contribution in [2.45, 2.75) is 25.8 Å². The second-order valence-corrected chi connectivity index (χ2v) is 2.80. The van der Waals surface area contributed by atoms with Crippen molar-refractivity contribution in [1.29, 1.82) is 0 Å². The van der Waals surface area contributed by atoms with E-state index in [4.69, 9.17) is 0 Å². The standard InChI is InChI=1S/C8H13NO/c1-3-8(7-4-5-7)9-6(2)10/h3,7-8H,1,4-5H2,2H3,(H,9,10)/t8-/m1/s1. The van der Waals surface area contributed by atoms with Gasteiger partial charge in [0, 0.05) is 13.0 Å². The largest absolute Gasteiger partial charge is 0.350 e. The lowest BCUT2D eigenvalue weighted by molar-refractivity contribution is -0.119. The smallest absolute Gasteiger partial charge is 0.217 e.